The van der Waals surface area contributed by atoms with Crippen LogP contribution in [0.1, 0.15) is 49.2 Å². The Kier molecular flexibility index (Phi) is 5.44. The quantitative estimate of drug-likeness (QED) is 0.625. The molecular weight excluding hydrogens is 400 g/mol. The van der Waals surface area contributed by atoms with Crippen LogP contribution in [-0.2, 0) is 16.0 Å². The van der Waals surface area contributed by atoms with Crippen molar-refractivity contribution in [1.82, 2.24) is 19.4 Å². The van der Waals surface area contributed by atoms with Gasteiger partial charge >= 0.3 is 0 Å². The van der Waals surface area contributed by atoms with Crippen molar-refractivity contribution in [1.29, 1.82) is 0 Å². The third kappa shape index (κ3) is 3.70. The molecule has 2 aromatic heterocycles. The van der Waals surface area contributed by atoms with Gasteiger partial charge in [-0.05, 0) is 49.4 Å². The van der Waals surface area contributed by atoms with Crippen LogP contribution in [0.5, 0.6) is 0 Å². The minimum atomic E-state index is 0.0408. The lowest BCUT2D eigenvalue weighted by molar-refractivity contribution is -0.131. The van der Waals surface area contributed by atoms with Gasteiger partial charge in [0.05, 0.1) is 6.42 Å². The van der Waals surface area contributed by atoms with Gasteiger partial charge in [-0.1, -0.05) is 29.8 Å². The minimum absolute atomic E-state index is 0.0408. The van der Waals surface area contributed by atoms with E-state index in [9.17, 15) is 4.79 Å². The average molecular weight is 425 g/mol. The highest BCUT2D eigenvalue weighted by molar-refractivity contribution is 6.31. The summed E-state index contributed by atoms with van der Waals surface area (Å²) in [6.45, 7) is 2.24. The number of fused-ring (bicyclic) bond motifs is 1. The summed E-state index contributed by atoms with van der Waals surface area (Å²) in [5, 5.41) is 0.651. The van der Waals surface area contributed by atoms with E-state index in [1.807, 2.05) is 47.5 Å². The number of carbonyl (C=O) groups excluding carboxylic acids is 1. The predicted molar refractivity (Wildman–Crippen MR) is 115 cm³/mol. The van der Waals surface area contributed by atoms with E-state index in [0.717, 1.165) is 67.9 Å². The number of nitrogens with zero attached hydrogens (tertiary/aromatic N) is 4. The number of ether oxygens (including phenoxy) is 1. The maximum atomic E-state index is 12.8. The molecule has 5 rings (SSSR count). The number of carbonyl (C=O) groups is 1. The van der Waals surface area contributed by atoms with Crippen molar-refractivity contribution in [2.45, 2.75) is 44.2 Å². The molecule has 6 nitrogen and oxygen atoms in total. The summed E-state index contributed by atoms with van der Waals surface area (Å²) in [5.74, 6) is 1.12. The van der Waals surface area contributed by atoms with Crippen molar-refractivity contribution in [2.75, 3.05) is 19.7 Å². The van der Waals surface area contributed by atoms with Crippen molar-refractivity contribution < 1.29 is 9.53 Å². The lowest BCUT2D eigenvalue weighted by atomic mass is 10.0. The van der Waals surface area contributed by atoms with Crippen molar-refractivity contribution in [3.05, 3.63) is 59.0 Å². The molecule has 30 heavy (non-hydrogen) atoms. The van der Waals surface area contributed by atoms with Crippen LogP contribution in [0, 0.1) is 0 Å². The summed E-state index contributed by atoms with van der Waals surface area (Å²) in [4.78, 5) is 24.3. The normalized spacial score (nSPS) is 20.2. The van der Waals surface area contributed by atoms with Crippen LogP contribution in [0.4, 0.5) is 0 Å². The Morgan fingerprint density at radius 2 is 1.97 bits per heavy atom. The minimum Gasteiger partial charge on any atom is -0.370 e. The number of aromatic nitrogens is 3. The van der Waals surface area contributed by atoms with Crippen molar-refractivity contribution in [2.24, 2.45) is 0 Å². The maximum absolute atomic E-state index is 12.8. The molecule has 2 fully saturated rings. The van der Waals surface area contributed by atoms with Gasteiger partial charge in [-0.25, -0.2) is 9.97 Å². The molecule has 0 bridgehead atoms. The number of benzene rings is 1. The highest BCUT2D eigenvalue weighted by Gasteiger charge is 2.31. The molecule has 2 aliphatic heterocycles. The van der Waals surface area contributed by atoms with Crippen LogP contribution in [-0.4, -0.2) is 45.0 Å². The van der Waals surface area contributed by atoms with Gasteiger partial charge in [-0.15, -0.1) is 0 Å². The summed E-state index contributed by atoms with van der Waals surface area (Å²) in [6, 6.07) is 11.8. The van der Waals surface area contributed by atoms with Crippen LogP contribution in [0.2, 0.25) is 5.02 Å². The highest BCUT2D eigenvalue weighted by Crippen LogP contribution is 2.35. The molecule has 0 N–H and O–H groups in total. The van der Waals surface area contributed by atoms with Crippen LogP contribution in [0.25, 0.3) is 11.2 Å². The Morgan fingerprint density at radius 1 is 1.13 bits per heavy atom. The van der Waals surface area contributed by atoms with Gasteiger partial charge in [-0.2, -0.15) is 0 Å². The van der Waals surface area contributed by atoms with Gasteiger partial charge in [0.1, 0.15) is 17.4 Å². The number of rotatable bonds is 4. The molecule has 2 aliphatic rings. The number of imidazole rings is 1. The first-order valence-corrected chi connectivity index (χ1v) is 11.0. The number of amides is 1. The summed E-state index contributed by atoms with van der Waals surface area (Å²) in [5.41, 5.74) is 2.72. The van der Waals surface area contributed by atoms with Gasteiger partial charge in [0.25, 0.3) is 0 Å². The first kappa shape index (κ1) is 19.5. The SMILES string of the molecule is O=C(Cc1ccccc1Cl)N1CCC(n2c([C@H]3CCCO3)nc3cccnc32)CC1. The molecule has 1 atom stereocenters. The zero-order valence-electron chi connectivity index (χ0n) is 16.8. The van der Waals surface area contributed by atoms with Crippen molar-refractivity contribution >= 4 is 28.7 Å². The first-order chi connectivity index (χ1) is 14.7. The highest BCUT2D eigenvalue weighted by atomic mass is 35.5. The molecule has 2 saturated heterocycles. The molecule has 1 amide bonds. The number of piperidine rings is 1. The molecule has 0 saturated carbocycles. The molecular formula is C23H25ClN4O2. The van der Waals surface area contributed by atoms with E-state index >= 15 is 0 Å². The largest absolute Gasteiger partial charge is 0.370 e. The summed E-state index contributed by atoms with van der Waals surface area (Å²) >= 11 is 6.23. The van der Waals surface area contributed by atoms with Crippen LogP contribution in [0.15, 0.2) is 42.6 Å². The van der Waals surface area contributed by atoms with E-state index in [1.54, 1.807) is 0 Å². The molecule has 0 spiro atoms. The van der Waals surface area contributed by atoms with Gasteiger partial charge in [0, 0.05) is 37.0 Å². The topological polar surface area (TPSA) is 60.2 Å². The zero-order chi connectivity index (χ0) is 20.5. The second-order valence-corrected chi connectivity index (χ2v) is 8.48. The average Bonchev–Trinajstić information content (AvgIpc) is 3.43. The summed E-state index contributed by atoms with van der Waals surface area (Å²) in [6.07, 6.45) is 6.04. The van der Waals surface area contributed by atoms with Gasteiger partial charge in [-0.3, -0.25) is 4.79 Å². The van der Waals surface area contributed by atoms with Crippen LogP contribution >= 0.6 is 11.6 Å². The summed E-state index contributed by atoms with van der Waals surface area (Å²) in [7, 11) is 0. The second kappa shape index (κ2) is 8.36. The van der Waals surface area contributed by atoms with Crippen LogP contribution < -0.4 is 0 Å². The second-order valence-electron chi connectivity index (χ2n) is 8.07. The van der Waals surface area contributed by atoms with Gasteiger partial charge in [0.2, 0.25) is 5.91 Å². The number of likely N-dealkylation sites (tertiary alicyclic amines) is 1. The molecule has 0 radical (unpaired) electrons. The molecule has 7 heteroatoms. The fraction of sp³-hybridized carbons (Fsp3) is 0.435. The lowest BCUT2D eigenvalue weighted by Gasteiger charge is -2.34. The Morgan fingerprint density at radius 3 is 2.73 bits per heavy atom. The van der Waals surface area contributed by atoms with Crippen molar-refractivity contribution in [3.63, 3.8) is 0 Å². The zero-order valence-corrected chi connectivity index (χ0v) is 17.6. The third-order valence-corrected chi connectivity index (χ3v) is 6.54. The monoisotopic (exact) mass is 424 g/mol. The lowest BCUT2D eigenvalue weighted by Crippen LogP contribution is -2.40. The van der Waals surface area contributed by atoms with E-state index < -0.39 is 0 Å². The Labute approximate surface area is 180 Å². The molecule has 0 aliphatic carbocycles. The standard InChI is InChI=1S/C23H25ClN4O2/c24-18-6-2-1-5-16(18)15-21(29)27-12-9-17(10-13-27)28-22-19(7-3-11-25-22)26-23(28)20-8-4-14-30-20/h1-3,5-7,11,17,20H,4,8-10,12-15H2/t20-/m1/s1. The number of hydrogen-bond donors (Lipinski definition) is 0. The van der Waals surface area contributed by atoms with Crippen molar-refractivity contribution in [3.8, 4) is 0 Å². The Balaban J connectivity index is 1.33. The Bertz CT molecular complexity index is 1050. The number of pyridine rings is 1. The van der Waals surface area contributed by atoms with E-state index in [4.69, 9.17) is 21.3 Å². The van der Waals surface area contributed by atoms with Gasteiger partial charge in [0.15, 0.2) is 5.65 Å². The molecule has 0 unspecified atom stereocenters. The smallest absolute Gasteiger partial charge is 0.227 e. The molecule has 1 aromatic carbocycles. The van der Waals surface area contributed by atoms with E-state index in [2.05, 4.69) is 9.55 Å². The first-order valence-electron chi connectivity index (χ1n) is 10.7. The predicted octanol–water partition coefficient (Wildman–Crippen LogP) is 4.34. The number of halogens is 1. The van der Waals surface area contributed by atoms with E-state index in [-0.39, 0.29) is 18.1 Å². The molecule has 4 heterocycles. The fourth-order valence-corrected chi connectivity index (χ4v) is 4.81. The third-order valence-electron chi connectivity index (χ3n) is 6.18. The molecule has 156 valence electrons. The Hall–Kier alpha value is -2.44. The maximum Gasteiger partial charge on any atom is 0.227 e. The van der Waals surface area contributed by atoms with E-state index in [1.165, 1.54) is 0 Å². The van der Waals surface area contributed by atoms with Gasteiger partial charge < -0.3 is 14.2 Å². The number of hydrogen-bond acceptors (Lipinski definition) is 4. The van der Waals surface area contributed by atoms with E-state index in [0.29, 0.717) is 11.4 Å². The van der Waals surface area contributed by atoms with Crippen LogP contribution in [0.3, 0.4) is 0 Å². The summed E-state index contributed by atoms with van der Waals surface area (Å²) < 4.78 is 8.23. The fourth-order valence-electron chi connectivity index (χ4n) is 4.61. The molecule has 3 aromatic rings.